The van der Waals surface area contributed by atoms with E-state index in [9.17, 15) is 13.2 Å². The van der Waals surface area contributed by atoms with Crippen molar-refractivity contribution in [2.24, 2.45) is 0 Å². The number of carbonyl (C=O) groups excluding carboxylic acids is 1. The molecule has 1 amide bonds. The van der Waals surface area contributed by atoms with Crippen molar-refractivity contribution in [3.8, 4) is 0 Å². The summed E-state index contributed by atoms with van der Waals surface area (Å²) in [5, 5.41) is 2.54. The van der Waals surface area contributed by atoms with Gasteiger partial charge >= 0.3 is 0 Å². The molecule has 0 fully saturated rings. The van der Waals surface area contributed by atoms with Crippen LogP contribution >= 0.6 is 0 Å². The van der Waals surface area contributed by atoms with Crippen molar-refractivity contribution in [1.29, 1.82) is 0 Å². The summed E-state index contributed by atoms with van der Waals surface area (Å²) in [6, 6.07) is 5.74. The Balaban J connectivity index is 2.89. The quantitative estimate of drug-likeness (QED) is 0.795. The van der Waals surface area contributed by atoms with E-state index in [1.165, 1.54) is 24.3 Å². The molecule has 0 bridgehead atoms. The molecule has 0 aromatic heterocycles. The molecular weight excluding hydrogens is 252 g/mol. The van der Waals surface area contributed by atoms with Gasteiger partial charge in [0.1, 0.15) is 0 Å². The third-order valence-corrected chi connectivity index (χ3v) is 3.68. The number of sulfonamides is 1. The monoisotopic (exact) mass is 268 g/mol. The van der Waals surface area contributed by atoms with Gasteiger partial charge in [-0.05, 0) is 44.2 Å². The molecule has 0 aliphatic rings. The number of hydrogen-bond donors (Lipinski definition) is 2. The Hall–Kier alpha value is -1.66. The van der Waals surface area contributed by atoms with Gasteiger partial charge in [-0.15, -0.1) is 0 Å². The maximum absolute atomic E-state index is 11.8. The van der Waals surface area contributed by atoms with Crippen LogP contribution in [0.1, 0.15) is 13.8 Å². The van der Waals surface area contributed by atoms with Crippen molar-refractivity contribution in [3.05, 3.63) is 36.9 Å². The summed E-state index contributed by atoms with van der Waals surface area (Å²) in [6.45, 7) is 6.82. The fourth-order valence-electron chi connectivity index (χ4n) is 1.29. The van der Waals surface area contributed by atoms with Gasteiger partial charge in [0.05, 0.1) is 4.90 Å². The molecule has 1 aromatic carbocycles. The van der Waals surface area contributed by atoms with Gasteiger partial charge in [0.15, 0.2) is 0 Å². The number of nitrogens with one attached hydrogen (secondary N) is 2. The zero-order chi connectivity index (χ0) is 13.8. The lowest BCUT2D eigenvalue weighted by Crippen LogP contribution is -2.30. The van der Waals surface area contributed by atoms with E-state index in [4.69, 9.17) is 0 Å². The lowest BCUT2D eigenvalue weighted by Gasteiger charge is -2.10. The van der Waals surface area contributed by atoms with Crippen molar-refractivity contribution in [2.75, 3.05) is 5.32 Å². The van der Waals surface area contributed by atoms with Crippen LogP contribution in [0.3, 0.4) is 0 Å². The highest BCUT2D eigenvalue weighted by Gasteiger charge is 2.14. The summed E-state index contributed by atoms with van der Waals surface area (Å²) in [7, 11) is -3.49. The molecular formula is C12H16N2O3S. The van der Waals surface area contributed by atoms with E-state index in [0.717, 1.165) is 6.08 Å². The van der Waals surface area contributed by atoms with Crippen LogP contribution in [0.2, 0.25) is 0 Å². The average molecular weight is 268 g/mol. The number of rotatable bonds is 5. The minimum atomic E-state index is -3.49. The van der Waals surface area contributed by atoms with Crippen LogP contribution in [-0.4, -0.2) is 20.4 Å². The van der Waals surface area contributed by atoms with Gasteiger partial charge in [0.2, 0.25) is 15.9 Å². The number of benzene rings is 1. The third kappa shape index (κ3) is 3.97. The topological polar surface area (TPSA) is 75.3 Å². The molecule has 0 unspecified atom stereocenters. The summed E-state index contributed by atoms with van der Waals surface area (Å²) in [4.78, 5) is 11.2. The van der Waals surface area contributed by atoms with Gasteiger partial charge in [-0.2, -0.15) is 0 Å². The van der Waals surface area contributed by atoms with Crippen LogP contribution in [-0.2, 0) is 14.8 Å². The van der Waals surface area contributed by atoms with E-state index < -0.39 is 10.0 Å². The Morgan fingerprint density at radius 2 is 1.83 bits per heavy atom. The molecule has 1 aromatic rings. The van der Waals surface area contributed by atoms with Gasteiger partial charge in [-0.3, -0.25) is 4.79 Å². The zero-order valence-corrected chi connectivity index (χ0v) is 11.1. The van der Waals surface area contributed by atoms with Crippen LogP contribution in [0, 0.1) is 0 Å². The van der Waals surface area contributed by atoms with Crippen LogP contribution in [0.5, 0.6) is 0 Å². The normalized spacial score (nSPS) is 11.3. The molecule has 0 aliphatic carbocycles. The van der Waals surface area contributed by atoms with Crippen molar-refractivity contribution >= 4 is 21.6 Å². The maximum atomic E-state index is 11.8. The Morgan fingerprint density at radius 1 is 1.28 bits per heavy atom. The molecule has 0 radical (unpaired) electrons. The highest BCUT2D eigenvalue weighted by atomic mass is 32.2. The van der Waals surface area contributed by atoms with Gasteiger partial charge in [-0.1, -0.05) is 6.58 Å². The predicted molar refractivity (Wildman–Crippen MR) is 70.7 cm³/mol. The molecule has 98 valence electrons. The summed E-state index contributed by atoms with van der Waals surface area (Å²) in [5.74, 6) is -0.342. The van der Waals surface area contributed by atoms with Crippen LogP contribution < -0.4 is 10.0 Å². The minimum absolute atomic E-state index is 0.160. The Kier molecular flexibility index (Phi) is 4.63. The first kappa shape index (κ1) is 14.4. The largest absolute Gasteiger partial charge is 0.323 e. The first-order chi connectivity index (χ1) is 8.35. The first-order valence-corrected chi connectivity index (χ1v) is 6.89. The molecule has 0 atom stereocenters. The standard InChI is InChI=1S/C12H16N2O3S/c1-4-12(15)13-10-5-7-11(8-6-10)18(16,17)14-9(2)3/h4-9,14H,1H2,2-3H3,(H,13,15). The number of amides is 1. The zero-order valence-electron chi connectivity index (χ0n) is 10.3. The predicted octanol–water partition coefficient (Wildman–Crippen LogP) is 1.50. The SMILES string of the molecule is C=CC(=O)Nc1ccc(S(=O)(=O)NC(C)C)cc1. The fraction of sp³-hybridized carbons (Fsp3) is 0.250. The summed E-state index contributed by atoms with van der Waals surface area (Å²) in [5.41, 5.74) is 0.517. The van der Waals surface area contributed by atoms with Gasteiger partial charge < -0.3 is 5.32 Å². The second kappa shape index (κ2) is 5.79. The molecule has 0 saturated carbocycles. The van der Waals surface area contributed by atoms with Crippen molar-refractivity contribution < 1.29 is 13.2 Å². The van der Waals surface area contributed by atoms with E-state index in [2.05, 4.69) is 16.6 Å². The van der Waals surface area contributed by atoms with Crippen LogP contribution in [0.15, 0.2) is 41.8 Å². The molecule has 0 aliphatic heterocycles. The Morgan fingerprint density at radius 3 is 2.28 bits per heavy atom. The molecule has 0 spiro atoms. The van der Waals surface area contributed by atoms with Gasteiger partial charge in [-0.25, -0.2) is 13.1 Å². The summed E-state index contributed by atoms with van der Waals surface area (Å²) < 4.78 is 26.1. The van der Waals surface area contributed by atoms with E-state index >= 15 is 0 Å². The molecule has 1 rings (SSSR count). The summed E-state index contributed by atoms with van der Waals surface area (Å²) in [6.07, 6.45) is 1.14. The van der Waals surface area contributed by atoms with E-state index in [1.54, 1.807) is 13.8 Å². The van der Waals surface area contributed by atoms with E-state index in [0.29, 0.717) is 5.69 Å². The highest BCUT2D eigenvalue weighted by Crippen LogP contribution is 2.14. The van der Waals surface area contributed by atoms with E-state index in [1.807, 2.05) is 0 Å². The highest BCUT2D eigenvalue weighted by molar-refractivity contribution is 7.89. The molecule has 5 nitrogen and oxygen atoms in total. The molecule has 0 heterocycles. The van der Waals surface area contributed by atoms with Crippen molar-refractivity contribution in [2.45, 2.75) is 24.8 Å². The van der Waals surface area contributed by atoms with Gasteiger partial charge in [0, 0.05) is 11.7 Å². The number of carbonyl (C=O) groups is 1. The van der Waals surface area contributed by atoms with Crippen molar-refractivity contribution in [1.82, 2.24) is 4.72 Å². The van der Waals surface area contributed by atoms with E-state index in [-0.39, 0.29) is 16.8 Å². The summed E-state index contributed by atoms with van der Waals surface area (Å²) >= 11 is 0. The number of anilines is 1. The second-order valence-corrected chi connectivity index (χ2v) is 5.71. The lowest BCUT2D eigenvalue weighted by molar-refractivity contribution is -0.111. The molecule has 2 N–H and O–H groups in total. The fourth-order valence-corrected chi connectivity index (χ4v) is 2.54. The Labute approximate surface area is 107 Å². The lowest BCUT2D eigenvalue weighted by atomic mass is 10.3. The maximum Gasteiger partial charge on any atom is 0.247 e. The Bertz CT molecular complexity index is 533. The first-order valence-electron chi connectivity index (χ1n) is 5.41. The van der Waals surface area contributed by atoms with Crippen molar-refractivity contribution in [3.63, 3.8) is 0 Å². The number of hydrogen-bond acceptors (Lipinski definition) is 3. The second-order valence-electron chi connectivity index (χ2n) is 3.99. The molecule has 6 heteroatoms. The smallest absolute Gasteiger partial charge is 0.247 e. The molecule has 0 saturated heterocycles. The molecule has 18 heavy (non-hydrogen) atoms. The van der Waals surface area contributed by atoms with Crippen LogP contribution in [0.25, 0.3) is 0 Å². The average Bonchev–Trinajstić information content (AvgIpc) is 2.28. The van der Waals surface area contributed by atoms with Crippen LogP contribution in [0.4, 0.5) is 5.69 Å². The third-order valence-electron chi connectivity index (χ3n) is 2.01. The minimum Gasteiger partial charge on any atom is -0.323 e. The van der Waals surface area contributed by atoms with Gasteiger partial charge in [0.25, 0.3) is 0 Å².